The van der Waals surface area contributed by atoms with Crippen LogP contribution in [0.5, 0.6) is 0 Å². The largest absolute Gasteiger partial charge is 0.465 e. The maximum absolute atomic E-state index is 13.3. The molecular weight excluding hydrogens is 354 g/mol. The van der Waals surface area contributed by atoms with Gasteiger partial charge in [0.05, 0.1) is 23.6 Å². The number of aryl methyl sites for hydroxylation is 1. The smallest absolute Gasteiger partial charge is 0.337 e. The lowest BCUT2D eigenvalue weighted by molar-refractivity contribution is 0.0601. The second kappa shape index (κ2) is 7.84. The summed E-state index contributed by atoms with van der Waals surface area (Å²) in [6, 6.07) is 15.1. The van der Waals surface area contributed by atoms with Crippen molar-refractivity contribution in [3.8, 4) is 0 Å². The third-order valence-corrected chi connectivity index (χ3v) is 5.21. The minimum absolute atomic E-state index is 0.0701. The van der Waals surface area contributed by atoms with Gasteiger partial charge in [0.1, 0.15) is 0 Å². The molecule has 6 nitrogen and oxygen atoms in total. The van der Waals surface area contributed by atoms with Gasteiger partial charge in [0.15, 0.2) is 0 Å². The van der Waals surface area contributed by atoms with Gasteiger partial charge in [-0.15, -0.1) is 0 Å². The third-order valence-electron chi connectivity index (χ3n) is 5.21. The number of rotatable bonds is 5. The maximum atomic E-state index is 13.3. The van der Waals surface area contributed by atoms with Crippen molar-refractivity contribution in [2.24, 2.45) is 0 Å². The number of carbonyl (C=O) groups is 1. The monoisotopic (exact) mass is 377 g/mol. The number of esters is 1. The Kier molecular flexibility index (Phi) is 5.10. The lowest BCUT2D eigenvalue weighted by Gasteiger charge is -2.22. The molecule has 1 aromatic heterocycles. The van der Waals surface area contributed by atoms with Crippen LogP contribution in [0.25, 0.3) is 10.9 Å². The molecule has 4 rings (SSSR count). The van der Waals surface area contributed by atoms with Gasteiger partial charge >= 0.3 is 5.97 Å². The first-order chi connectivity index (χ1) is 13.7. The van der Waals surface area contributed by atoms with Crippen LogP contribution in [0, 0.1) is 0 Å². The molecule has 2 aromatic carbocycles. The number of ether oxygens (including phenoxy) is 1. The maximum Gasteiger partial charge on any atom is 0.337 e. The summed E-state index contributed by atoms with van der Waals surface area (Å²) in [4.78, 5) is 32.1. The Balaban J connectivity index is 1.79. The Morgan fingerprint density at radius 1 is 1.11 bits per heavy atom. The molecule has 1 saturated heterocycles. The molecule has 0 aliphatic carbocycles. The van der Waals surface area contributed by atoms with E-state index in [1.807, 2.05) is 18.2 Å². The molecule has 1 aliphatic rings. The van der Waals surface area contributed by atoms with Crippen LogP contribution in [-0.2, 0) is 17.7 Å². The highest BCUT2D eigenvalue weighted by Crippen LogP contribution is 2.21. The molecule has 0 unspecified atom stereocenters. The predicted octanol–water partition coefficient (Wildman–Crippen LogP) is 3.03. The number of aromatic nitrogens is 2. The summed E-state index contributed by atoms with van der Waals surface area (Å²) in [7, 11) is 1.34. The van der Waals surface area contributed by atoms with E-state index in [0.29, 0.717) is 29.0 Å². The number of nitrogens with zero attached hydrogens (tertiary/aromatic N) is 3. The molecule has 0 atom stereocenters. The van der Waals surface area contributed by atoms with Crippen LogP contribution >= 0.6 is 0 Å². The van der Waals surface area contributed by atoms with E-state index in [1.165, 1.54) is 12.7 Å². The summed E-state index contributed by atoms with van der Waals surface area (Å²) in [5.74, 6) is 0.257. The third kappa shape index (κ3) is 3.50. The summed E-state index contributed by atoms with van der Waals surface area (Å²) < 4.78 is 6.57. The van der Waals surface area contributed by atoms with Gasteiger partial charge in [0.25, 0.3) is 5.56 Å². The Morgan fingerprint density at radius 3 is 2.57 bits per heavy atom. The van der Waals surface area contributed by atoms with Crippen molar-refractivity contribution in [3.63, 3.8) is 0 Å². The van der Waals surface area contributed by atoms with E-state index in [-0.39, 0.29) is 5.56 Å². The van der Waals surface area contributed by atoms with Gasteiger partial charge in [-0.05, 0) is 43.0 Å². The summed E-state index contributed by atoms with van der Waals surface area (Å²) in [5.41, 5.74) is 2.05. The molecule has 0 amide bonds. The summed E-state index contributed by atoms with van der Waals surface area (Å²) >= 11 is 0. The van der Waals surface area contributed by atoms with Crippen LogP contribution < -0.4 is 10.5 Å². The second-order valence-electron chi connectivity index (χ2n) is 7.02. The first-order valence-electron chi connectivity index (χ1n) is 9.59. The number of hydrogen-bond donors (Lipinski definition) is 0. The lowest BCUT2D eigenvalue weighted by Crippen LogP contribution is -2.32. The molecule has 1 fully saturated rings. The van der Waals surface area contributed by atoms with E-state index in [1.54, 1.807) is 22.8 Å². The van der Waals surface area contributed by atoms with Crippen LogP contribution in [0.15, 0.2) is 53.3 Å². The topological polar surface area (TPSA) is 64.4 Å². The van der Waals surface area contributed by atoms with Crippen molar-refractivity contribution in [1.29, 1.82) is 0 Å². The van der Waals surface area contributed by atoms with Crippen LogP contribution in [0.4, 0.5) is 5.95 Å². The summed E-state index contributed by atoms with van der Waals surface area (Å²) in [5, 5.41) is 0.517. The van der Waals surface area contributed by atoms with Gasteiger partial charge in [0, 0.05) is 19.6 Å². The first-order valence-corrected chi connectivity index (χ1v) is 9.59. The van der Waals surface area contributed by atoms with Crippen LogP contribution in [0.1, 0.15) is 28.8 Å². The van der Waals surface area contributed by atoms with Gasteiger partial charge in [-0.2, -0.15) is 0 Å². The Labute approximate surface area is 163 Å². The van der Waals surface area contributed by atoms with E-state index in [0.717, 1.165) is 32.4 Å². The molecule has 28 heavy (non-hydrogen) atoms. The zero-order valence-corrected chi connectivity index (χ0v) is 15.9. The zero-order chi connectivity index (χ0) is 19.5. The van der Waals surface area contributed by atoms with Crippen molar-refractivity contribution in [1.82, 2.24) is 9.55 Å². The Bertz CT molecular complexity index is 1050. The van der Waals surface area contributed by atoms with Gasteiger partial charge in [-0.1, -0.05) is 30.3 Å². The van der Waals surface area contributed by atoms with Crippen LogP contribution in [0.2, 0.25) is 0 Å². The van der Waals surface area contributed by atoms with Gasteiger partial charge < -0.3 is 9.64 Å². The van der Waals surface area contributed by atoms with E-state index < -0.39 is 5.97 Å². The highest BCUT2D eigenvalue weighted by Gasteiger charge is 2.20. The average molecular weight is 377 g/mol. The number of carbonyl (C=O) groups excluding carboxylic acids is 1. The quantitative estimate of drug-likeness (QED) is 0.640. The second-order valence-corrected chi connectivity index (χ2v) is 7.02. The molecule has 0 N–H and O–H groups in total. The Morgan fingerprint density at radius 2 is 1.86 bits per heavy atom. The fraction of sp³-hybridized carbons (Fsp3) is 0.318. The minimum Gasteiger partial charge on any atom is -0.465 e. The lowest BCUT2D eigenvalue weighted by atomic mass is 10.1. The fourth-order valence-corrected chi connectivity index (χ4v) is 3.70. The molecule has 3 aromatic rings. The van der Waals surface area contributed by atoms with Gasteiger partial charge in [-0.3, -0.25) is 9.36 Å². The molecule has 0 saturated carbocycles. The predicted molar refractivity (Wildman–Crippen MR) is 109 cm³/mol. The van der Waals surface area contributed by atoms with E-state index in [9.17, 15) is 9.59 Å². The molecule has 1 aliphatic heterocycles. The number of fused-ring (bicyclic) bond motifs is 1. The molecule has 6 heteroatoms. The number of methoxy groups -OCH3 is 1. The zero-order valence-electron chi connectivity index (χ0n) is 15.9. The highest BCUT2D eigenvalue weighted by molar-refractivity contribution is 5.94. The van der Waals surface area contributed by atoms with E-state index in [2.05, 4.69) is 17.0 Å². The molecule has 0 spiro atoms. The van der Waals surface area contributed by atoms with Crippen LogP contribution in [-0.4, -0.2) is 35.7 Å². The number of hydrogen-bond acceptors (Lipinski definition) is 5. The fourth-order valence-electron chi connectivity index (χ4n) is 3.70. The normalized spacial score (nSPS) is 13.8. The number of anilines is 1. The molecule has 144 valence electrons. The van der Waals surface area contributed by atoms with Crippen molar-refractivity contribution in [2.45, 2.75) is 25.8 Å². The molecule has 0 bridgehead atoms. The van der Waals surface area contributed by atoms with Gasteiger partial charge in [0.2, 0.25) is 5.95 Å². The van der Waals surface area contributed by atoms with Crippen molar-refractivity contribution in [3.05, 3.63) is 70.0 Å². The van der Waals surface area contributed by atoms with Crippen LogP contribution in [0.3, 0.4) is 0 Å². The Hall–Kier alpha value is -3.15. The van der Waals surface area contributed by atoms with Crippen molar-refractivity contribution in [2.75, 3.05) is 25.1 Å². The van der Waals surface area contributed by atoms with E-state index >= 15 is 0 Å². The van der Waals surface area contributed by atoms with Gasteiger partial charge in [-0.25, -0.2) is 9.78 Å². The minimum atomic E-state index is -0.431. The van der Waals surface area contributed by atoms with E-state index in [4.69, 9.17) is 9.72 Å². The SMILES string of the molecule is COC(=O)c1ccc2c(=O)n(CCc3ccccc3)c(N3CCCC3)nc2c1. The number of benzene rings is 2. The molecule has 2 heterocycles. The van der Waals surface area contributed by atoms with Crippen molar-refractivity contribution >= 4 is 22.8 Å². The summed E-state index contributed by atoms with van der Waals surface area (Å²) in [6.45, 7) is 2.34. The summed E-state index contributed by atoms with van der Waals surface area (Å²) in [6.07, 6.45) is 2.94. The van der Waals surface area contributed by atoms with Crippen molar-refractivity contribution < 1.29 is 9.53 Å². The average Bonchev–Trinajstić information content (AvgIpc) is 3.27. The highest BCUT2D eigenvalue weighted by atomic mass is 16.5. The molecule has 0 radical (unpaired) electrons. The molecular formula is C22H23N3O3. The standard InChI is InChI=1S/C22H23N3O3/c1-28-21(27)17-9-10-18-19(15-17)23-22(24-12-5-6-13-24)25(20(18)26)14-11-16-7-3-2-4-8-16/h2-4,7-10,15H,5-6,11-14H2,1H3. The first kappa shape index (κ1) is 18.2.